The molecule has 0 saturated heterocycles. The molecule has 1 aromatic heterocycles. The maximum Gasteiger partial charge on any atom is 0.253 e. The lowest BCUT2D eigenvalue weighted by molar-refractivity contribution is -0.120. The average Bonchev–Trinajstić information content (AvgIpc) is 2.96. The molecule has 0 aliphatic carbocycles. The number of thioether (sulfide) groups is 1. The monoisotopic (exact) mass is 391 g/mol. The summed E-state index contributed by atoms with van der Waals surface area (Å²) in [6.07, 6.45) is 1.72. The first-order valence-corrected chi connectivity index (χ1v) is 10.1. The maximum atomic E-state index is 12.3. The number of nitrogens with one attached hydrogen (secondary N) is 1. The topological polar surface area (TPSA) is 46.4 Å². The van der Waals surface area contributed by atoms with E-state index in [4.69, 9.17) is 0 Å². The van der Waals surface area contributed by atoms with Crippen LogP contribution in [0.4, 0.5) is 0 Å². The second kappa shape index (κ2) is 8.93. The third-order valence-corrected chi connectivity index (χ3v) is 5.74. The van der Waals surface area contributed by atoms with Gasteiger partial charge in [-0.15, -0.1) is 11.8 Å². The van der Waals surface area contributed by atoms with Gasteiger partial charge >= 0.3 is 0 Å². The number of carbonyl (C=O) groups is 1. The molecule has 4 nitrogen and oxygen atoms in total. The lowest BCUT2D eigenvalue weighted by atomic mass is 10.2. The van der Waals surface area contributed by atoms with Crippen molar-refractivity contribution in [3.05, 3.63) is 83.2 Å². The number of hydrogen-bond acceptors (Lipinski definition) is 3. The SMILES string of the molecule is Cc1ccccc1-n1c(C)cc(/C=N/NC(=O)C(C)Sc2ccccc2)c1C. The highest BCUT2D eigenvalue weighted by Crippen LogP contribution is 2.23. The van der Waals surface area contributed by atoms with Crippen molar-refractivity contribution in [2.45, 2.75) is 37.8 Å². The number of aryl methyl sites for hydroxylation is 2. The van der Waals surface area contributed by atoms with E-state index >= 15 is 0 Å². The minimum Gasteiger partial charge on any atom is -0.318 e. The summed E-state index contributed by atoms with van der Waals surface area (Å²) in [4.78, 5) is 13.4. The highest BCUT2D eigenvalue weighted by molar-refractivity contribution is 8.00. The third kappa shape index (κ3) is 4.54. The van der Waals surface area contributed by atoms with Crippen molar-refractivity contribution in [1.29, 1.82) is 0 Å². The highest BCUT2D eigenvalue weighted by Gasteiger charge is 2.14. The number of hydrogen-bond donors (Lipinski definition) is 1. The first kappa shape index (κ1) is 20.0. The number of aromatic nitrogens is 1. The Labute approximate surface area is 170 Å². The molecule has 0 bridgehead atoms. The summed E-state index contributed by atoms with van der Waals surface area (Å²) in [5, 5.41) is 3.96. The number of rotatable bonds is 6. The van der Waals surface area contributed by atoms with Crippen molar-refractivity contribution >= 4 is 23.9 Å². The fourth-order valence-corrected chi connectivity index (χ4v) is 4.00. The predicted molar refractivity (Wildman–Crippen MR) is 117 cm³/mol. The fourth-order valence-electron chi connectivity index (χ4n) is 3.12. The molecule has 3 aromatic rings. The van der Waals surface area contributed by atoms with Gasteiger partial charge in [0.05, 0.1) is 11.5 Å². The molecule has 0 saturated carbocycles. The first-order valence-electron chi connectivity index (χ1n) is 9.27. The molecular weight excluding hydrogens is 366 g/mol. The van der Waals surface area contributed by atoms with Gasteiger partial charge in [-0.2, -0.15) is 5.10 Å². The van der Waals surface area contributed by atoms with Crippen LogP contribution in [0, 0.1) is 20.8 Å². The van der Waals surface area contributed by atoms with Gasteiger partial charge in [-0.3, -0.25) is 4.79 Å². The standard InChI is InChI=1S/C23H25N3OS/c1-16-10-8-9-13-22(16)26-17(2)14-20(18(26)3)15-24-25-23(27)19(4)28-21-11-6-5-7-12-21/h5-15,19H,1-4H3,(H,25,27)/b24-15+. The van der Waals surface area contributed by atoms with Crippen LogP contribution in [0.1, 0.15) is 29.4 Å². The summed E-state index contributed by atoms with van der Waals surface area (Å²) in [5.41, 5.74) is 8.25. The van der Waals surface area contributed by atoms with Gasteiger partial charge in [0.25, 0.3) is 5.91 Å². The number of nitrogens with zero attached hydrogens (tertiary/aromatic N) is 2. The van der Waals surface area contributed by atoms with Crippen LogP contribution in [0.2, 0.25) is 0 Å². The molecule has 0 aliphatic heterocycles. The normalized spacial score (nSPS) is 12.3. The lowest BCUT2D eigenvalue weighted by Crippen LogP contribution is -2.26. The molecule has 2 aromatic carbocycles. The molecule has 3 rings (SSSR count). The van der Waals surface area contributed by atoms with E-state index in [0.29, 0.717) is 0 Å². The molecule has 0 radical (unpaired) electrons. The second-order valence-corrected chi connectivity index (χ2v) is 8.17. The molecule has 1 unspecified atom stereocenters. The number of benzene rings is 2. The summed E-state index contributed by atoms with van der Waals surface area (Å²) in [5.74, 6) is -0.113. The van der Waals surface area contributed by atoms with Crippen LogP contribution >= 0.6 is 11.8 Å². The Kier molecular flexibility index (Phi) is 6.37. The quantitative estimate of drug-likeness (QED) is 0.364. The molecule has 1 heterocycles. The Bertz CT molecular complexity index is 992. The Hall–Kier alpha value is -2.79. The molecule has 0 spiro atoms. The zero-order valence-electron chi connectivity index (χ0n) is 16.6. The van der Waals surface area contributed by atoms with Gasteiger partial charge < -0.3 is 4.57 Å². The van der Waals surface area contributed by atoms with Crippen LogP contribution in [0.3, 0.4) is 0 Å². The smallest absolute Gasteiger partial charge is 0.253 e. The van der Waals surface area contributed by atoms with E-state index in [9.17, 15) is 4.79 Å². The van der Waals surface area contributed by atoms with E-state index in [1.165, 1.54) is 17.3 Å². The Balaban J connectivity index is 1.69. The summed E-state index contributed by atoms with van der Waals surface area (Å²) in [6, 6.07) is 20.3. The molecular formula is C23H25N3OS. The summed E-state index contributed by atoms with van der Waals surface area (Å²) < 4.78 is 2.21. The molecule has 144 valence electrons. The highest BCUT2D eigenvalue weighted by atomic mass is 32.2. The van der Waals surface area contributed by atoms with E-state index in [0.717, 1.165) is 27.5 Å². The molecule has 5 heteroatoms. The minimum atomic E-state index is -0.223. The molecule has 1 amide bonds. The van der Waals surface area contributed by atoms with Gasteiger partial charge in [-0.25, -0.2) is 5.43 Å². The molecule has 28 heavy (non-hydrogen) atoms. The van der Waals surface area contributed by atoms with Crippen molar-refractivity contribution in [3.63, 3.8) is 0 Å². The van der Waals surface area contributed by atoms with Gasteiger partial charge in [0.1, 0.15) is 0 Å². The van der Waals surface area contributed by atoms with E-state index in [1.807, 2.05) is 49.4 Å². The van der Waals surface area contributed by atoms with Crippen molar-refractivity contribution in [2.75, 3.05) is 0 Å². The molecule has 0 fully saturated rings. The Morgan fingerprint density at radius 1 is 1.07 bits per heavy atom. The average molecular weight is 392 g/mol. The van der Waals surface area contributed by atoms with Crippen LogP contribution in [0.25, 0.3) is 5.69 Å². The Morgan fingerprint density at radius 3 is 2.46 bits per heavy atom. The van der Waals surface area contributed by atoms with Gasteiger partial charge in [0.2, 0.25) is 0 Å². The van der Waals surface area contributed by atoms with Crippen molar-refractivity contribution in [3.8, 4) is 5.69 Å². The Morgan fingerprint density at radius 2 is 1.75 bits per heavy atom. The van der Waals surface area contributed by atoms with Crippen LogP contribution in [0.15, 0.2) is 70.7 Å². The van der Waals surface area contributed by atoms with E-state index < -0.39 is 0 Å². The van der Waals surface area contributed by atoms with Crippen molar-refractivity contribution in [1.82, 2.24) is 9.99 Å². The second-order valence-electron chi connectivity index (χ2n) is 6.76. The van der Waals surface area contributed by atoms with E-state index in [-0.39, 0.29) is 11.2 Å². The van der Waals surface area contributed by atoms with E-state index in [2.05, 4.69) is 54.1 Å². The van der Waals surface area contributed by atoms with Gasteiger partial charge in [0, 0.05) is 27.5 Å². The third-order valence-electron chi connectivity index (χ3n) is 4.63. The summed E-state index contributed by atoms with van der Waals surface area (Å²) in [6.45, 7) is 8.13. The van der Waals surface area contributed by atoms with Crippen LogP contribution in [-0.4, -0.2) is 21.9 Å². The summed E-state index contributed by atoms with van der Waals surface area (Å²) >= 11 is 1.52. The maximum absolute atomic E-state index is 12.3. The molecule has 1 atom stereocenters. The zero-order chi connectivity index (χ0) is 20.1. The number of para-hydroxylation sites is 1. The van der Waals surface area contributed by atoms with Crippen LogP contribution < -0.4 is 5.43 Å². The largest absolute Gasteiger partial charge is 0.318 e. The van der Waals surface area contributed by atoms with Crippen LogP contribution in [0.5, 0.6) is 0 Å². The van der Waals surface area contributed by atoms with Gasteiger partial charge in [-0.1, -0.05) is 36.4 Å². The van der Waals surface area contributed by atoms with Gasteiger partial charge in [0.15, 0.2) is 0 Å². The summed E-state index contributed by atoms with van der Waals surface area (Å²) in [7, 11) is 0. The number of amides is 1. The predicted octanol–water partition coefficient (Wildman–Crippen LogP) is 5.03. The lowest BCUT2D eigenvalue weighted by Gasteiger charge is -2.12. The minimum absolute atomic E-state index is 0.113. The molecule has 1 N–H and O–H groups in total. The first-order chi connectivity index (χ1) is 13.5. The van der Waals surface area contributed by atoms with E-state index in [1.54, 1.807) is 6.21 Å². The number of carbonyl (C=O) groups excluding carboxylic acids is 1. The number of hydrazone groups is 1. The fraction of sp³-hybridized carbons (Fsp3) is 0.217. The van der Waals surface area contributed by atoms with Crippen LogP contribution in [-0.2, 0) is 4.79 Å². The zero-order valence-corrected chi connectivity index (χ0v) is 17.5. The van der Waals surface area contributed by atoms with Crippen molar-refractivity contribution in [2.24, 2.45) is 5.10 Å². The van der Waals surface area contributed by atoms with Gasteiger partial charge in [-0.05, 0) is 57.5 Å². The van der Waals surface area contributed by atoms with Crippen molar-refractivity contribution < 1.29 is 4.79 Å². The molecule has 0 aliphatic rings.